The number of hydrogen-bond acceptors (Lipinski definition) is 2. The molecule has 0 N–H and O–H groups in total. The van der Waals surface area contributed by atoms with Gasteiger partial charge in [0.05, 0.1) is 17.3 Å². The quantitative estimate of drug-likeness (QED) is 0.754. The summed E-state index contributed by atoms with van der Waals surface area (Å²) in [6, 6.07) is 5.77. The molecular formula is C12H13FN2O. The van der Waals surface area contributed by atoms with Crippen LogP contribution in [0, 0.1) is 11.7 Å². The average Bonchev–Trinajstić information content (AvgIpc) is 2.57. The first-order valence-electron chi connectivity index (χ1n) is 5.30. The van der Waals surface area contributed by atoms with Gasteiger partial charge in [0.2, 0.25) is 0 Å². The maximum absolute atomic E-state index is 12.8. The van der Waals surface area contributed by atoms with E-state index in [1.54, 1.807) is 12.1 Å². The first-order valence-corrected chi connectivity index (χ1v) is 5.30. The Kier molecular flexibility index (Phi) is 2.73. The normalized spacial score (nSPS) is 20.2. The summed E-state index contributed by atoms with van der Waals surface area (Å²) in [5.41, 5.74) is 1.48. The molecule has 1 aliphatic rings. The summed E-state index contributed by atoms with van der Waals surface area (Å²) in [5.74, 6) is -0.540. The predicted molar refractivity (Wildman–Crippen MR) is 60.8 cm³/mol. The second-order valence-corrected chi connectivity index (χ2v) is 3.79. The molecule has 0 aliphatic carbocycles. The molecule has 1 amide bonds. The van der Waals surface area contributed by atoms with Crippen molar-refractivity contribution < 1.29 is 9.18 Å². The fourth-order valence-corrected chi connectivity index (χ4v) is 1.73. The van der Waals surface area contributed by atoms with E-state index in [1.807, 2.05) is 13.8 Å². The van der Waals surface area contributed by atoms with E-state index in [9.17, 15) is 9.18 Å². The molecule has 1 aromatic carbocycles. The Hall–Kier alpha value is -1.71. The molecule has 2 rings (SSSR count). The number of anilines is 1. The van der Waals surface area contributed by atoms with E-state index in [1.165, 1.54) is 17.1 Å². The Balaban J connectivity index is 2.32. The lowest BCUT2D eigenvalue weighted by Gasteiger charge is -2.12. The van der Waals surface area contributed by atoms with Gasteiger partial charge in [-0.25, -0.2) is 9.40 Å². The predicted octanol–water partition coefficient (Wildman–Crippen LogP) is 2.57. The first kappa shape index (κ1) is 10.8. The zero-order chi connectivity index (χ0) is 11.7. The van der Waals surface area contributed by atoms with Gasteiger partial charge in [0.15, 0.2) is 0 Å². The highest BCUT2D eigenvalue weighted by molar-refractivity contribution is 6.15. The summed E-state index contributed by atoms with van der Waals surface area (Å²) in [4.78, 5) is 11.9. The van der Waals surface area contributed by atoms with Gasteiger partial charge in [-0.3, -0.25) is 4.79 Å². The van der Waals surface area contributed by atoms with Crippen LogP contribution < -0.4 is 5.01 Å². The molecule has 16 heavy (non-hydrogen) atoms. The number of benzene rings is 1. The van der Waals surface area contributed by atoms with Gasteiger partial charge in [-0.2, -0.15) is 5.10 Å². The van der Waals surface area contributed by atoms with E-state index in [4.69, 9.17) is 0 Å². The van der Waals surface area contributed by atoms with Crippen molar-refractivity contribution in [1.82, 2.24) is 0 Å². The Bertz CT molecular complexity index is 439. The highest BCUT2D eigenvalue weighted by Crippen LogP contribution is 2.24. The molecule has 3 nitrogen and oxygen atoms in total. The molecule has 0 saturated heterocycles. The smallest absolute Gasteiger partial charge is 0.255 e. The van der Waals surface area contributed by atoms with Crippen molar-refractivity contribution >= 4 is 17.3 Å². The monoisotopic (exact) mass is 220 g/mol. The van der Waals surface area contributed by atoms with E-state index >= 15 is 0 Å². The van der Waals surface area contributed by atoms with E-state index in [2.05, 4.69) is 5.10 Å². The molecule has 1 aromatic rings. The number of rotatable bonds is 2. The van der Waals surface area contributed by atoms with Crippen molar-refractivity contribution in [3.63, 3.8) is 0 Å². The number of hydrazone groups is 1. The third-order valence-electron chi connectivity index (χ3n) is 2.74. The van der Waals surface area contributed by atoms with E-state index in [0.717, 1.165) is 12.1 Å². The standard InChI is InChI=1S/C12H13FN2O/c1-3-11-8(2)12(16)15(14-11)10-6-4-9(13)5-7-10/h4-8H,3H2,1-2H3. The van der Waals surface area contributed by atoms with Crippen molar-refractivity contribution in [3.8, 4) is 0 Å². The van der Waals surface area contributed by atoms with Crippen LogP contribution in [0.2, 0.25) is 0 Å². The Morgan fingerprint density at radius 3 is 2.50 bits per heavy atom. The molecule has 1 atom stereocenters. The lowest BCUT2D eigenvalue weighted by molar-refractivity contribution is -0.119. The second-order valence-electron chi connectivity index (χ2n) is 3.79. The van der Waals surface area contributed by atoms with Gasteiger partial charge in [0, 0.05) is 0 Å². The van der Waals surface area contributed by atoms with Crippen molar-refractivity contribution in [1.29, 1.82) is 0 Å². The summed E-state index contributed by atoms with van der Waals surface area (Å²) in [6.45, 7) is 3.81. The van der Waals surface area contributed by atoms with Gasteiger partial charge >= 0.3 is 0 Å². The molecule has 1 heterocycles. The van der Waals surface area contributed by atoms with Gasteiger partial charge in [-0.05, 0) is 37.6 Å². The minimum absolute atomic E-state index is 0.0524. The molecular weight excluding hydrogens is 207 g/mol. The molecule has 0 fully saturated rings. The van der Waals surface area contributed by atoms with E-state index < -0.39 is 0 Å². The zero-order valence-corrected chi connectivity index (χ0v) is 9.27. The number of hydrogen-bond donors (Lipinski definition) is 0. The van der Waals surface area contributed by atoms with Gasteiger partial charge in [-0.1, -0.05) is 6.92 Å². The molecule has 0 aromatic heterocycles. The Morgan fingerprint density at radius 1 is 1.38 bits per heavy atom. The summed E-state index contributed by atoms with van der Waals surface area (Å²) in [7, 11) is 0. The molecule has 0 spiro atoms. The molecule has 1 aliphatic heterocycles. The summed E-state index contributed by atoms with van der Waals surface area (Å²) >= 11 is 0. The SMILES string of the molecule is CCC1=NN(c2ccc(F)cc2)C(=O)C1C. The largest absolute Gasteiger partial charge is 0.272 e. The van der Waals surface area contributed by atoms with Crippen LogP contribution in [0.4, 0.5) is 10.1 Å². The molecule has 0 radical (unpaired) electrons. The molecule has 4 heteroatoms. The van der Waals surface area contributed by atoms with Crippen LogP contribution in [-0.2, 0) is 4.79 Å². The fourth-order valence-electron chi connectivity index (χ4n) is 1.73. The number of nitrogens with zero attached hydrogens (tertiary/aromatic N) is 2. The molecule has 0 bridgehead atoms. The highest BCUT2D eigenvalue weighted by Gasteiger charge is 2.31. The third kappa shape index (κ3) is 1.71. The van der Waals surface area contributed by atoms with Crippen LogP contribution in [0.5, 0.6) is 0 Å². The van der Waals surface area contributed by atoms with Crippen LogP contribution >= 0.6 is 0 Å². The van der Waals surface area contributed by atoms with Crippen molar-refractivity contribution in [3.05, 3.63) is 30.1 Å². The second kappa shape index (κ2) is 4.04. The van der Waals surface area contributed by atoms with Gasteiger partial charge < -0.3 is 0 Å². The average molecular weight is 220 g/mol. The summed E-state index contributed by atoms with van der Waals surface area (Å²) in [6.07, 6.45) is 0.755. The summed E-state index contributed by atoms with van der Waals surface area (Å²) in [5, 5.41) is 5.60. The number of amides is 1. The van der Waals surface area contributed by atoms with Crippen LogP contribution in [-0.4, -0.2) is 11.6 Å². The number of carbonyl (C=O) groups excluding carboxylic acids is 1. The van der Waals surface area contributed by atoms with Gasteiger partial charge in [0.1, 0.15) is 5.82 Å². The number of halogens is 1. The number of carbonyl (C=O) groups is 1. The van der Waals surface area contributed by atoms with E-state index in [0.29, 0.717) is 5.69 Å². The highest BCUT2D eigenvalue weighted by atomic mass is 19.1. The van der Waals surface area contributed by atoms with Crippen LogP contribution in [0.3, 0.4) is 0 Å². The van der Waals surface area contributed by atoms with Crippen molar-refractivity contribution in [2.24, 2.45) is 11.0 Å². The first-order chi connectivity index (χ1) is 7.63. The maximum atomic E-state index is 12.8. The van der Waals surface area contributed by atoms with Crippen molar-refractivity contribution in [2.75, 3.05) is 5.01 Å². The molecule has 0 saturated carbocycles. The maximum Gasteiger partial charge on any atom is 0.255 e. The van der Waals surface area contributed by atoms with Crippen LogP contribution in [0.1, 0.15) is 20.3 Å². The molecule has 1 unspecified atom stereocenters. The summed E-state index contributed by atoms with van der Waals surface area (Å²) < 4.78 is 12.8. The zero-order valence-electron chi connectivity index (χ0n) is 9.27. The Morgan fingerprint density at radius 2 is 2.00 bits per heavy atom. The Labute approximate surface area is 93.6 Å². The molecule has 84 valence electrons. The minimum atomic E-state index is -0.317. The van der Waals surface area contributed by atoms with Gasteiger partial charge in [-0.15, -0.1) is 0 Å². The fraction of sp³-hybridized carbons (Fsp3) is 0.333. The van der Waals surface area contributed by atoms with Crippen LogP contribution in [0.15, 0.2) is 29.4 Å². The minimum Gasteiger partial charge on any atom is -0.272 e. The lowest BCUT2D eigenvalue weighted by atomic mass is 10.0. The lowest BCUT2D eigenvalue weighted by Crippen LogP contribution is -2.25. The third-order valence-corrected chi connectivity index (χ3v) is 2.74. The van der Waals surface area contributed by atoms with Crippen LogP contribution in [0.25, 0.3) is 0 Å². The van der Waals surface area contributed by atoms with E-state index in [-0.39, 0.29) is 17.6 Å². The topological polar surface area (TPSA) is 32.7 Å². The van der Waals surface area contributed by atoms with Gasteiger partial charge in [0.25, 0.3) is 5.91 Å². The van der Waals surface area contributed by atoms with Crippen molar-refractivity contribution in [2.45, 2.75) is 20.3 Å².